The van der Waals surface area contributed by atoms with Crippen molar-refractivity contribution in [1.82, 2.24) is 9.97 Å². The number of nitrogens with zero attached hydrogens (tertiary/aromatic N) is 3. The molecule has 1 saturated heterocycles. The number of nitrogens with two attached hydrogens (primary N) is 1. The maximum absolute atomic E-state index is 5.67. The SMILES string of the molecule is Cc1nc(N2CCOCC2)nc(C)c1CN. The molecule has 1 aliphatic rings. The Labute approximate surface area is 95.6 Å². The highest BCUT2D eigenvalue weighted by Gasteiger charge is 2.15. The minimum atomic E-state index is 0.501. The van der Waals surface area contributed by atoms with Gasteiger partial charge in [-0.2, -0.15) is 0 Å². The molecule has 2 heterocycles. The third kappa shape index (κ3) is 2.15. The van der Waals surface area contributed by atoms with Gasteiger partial charge in [0.1, 0.15) is 0 Å². The van der Waals surface area contributed by atoms with Crippen molar-refractivity contribution in [2.75, 3.05) is 31.2 Å². The number of morpholine rings is 1. The molecule has 0 bridgehead atoms. The normalized spacial score (nSPS) is 16.6. The van der Waals surface area contributed by atoms with E-state index in [-0.39, 0.29) is 0 Å². The van der Waals surface area contributed by atoms with Crippen LogP contribution in [0.25, 0.3) is 0 Å². The highest BCUT2D eigenvalue weighted by atomic mass is 16.5. The molecule has 0 saturated carbocycles. The molecule has 0 aromatic carbocycles. The average Bonchev–Trinajstić information content (AvgIpc) is 2.30. The number of ether oxygens (including phenoxy) is 1. The zero-order valence-electron chi connectivity index (χ0n) is 9.86. The van der Waals surface area contributed by atoms with Gasteiger partial charge in [0.25, 0.3) is 0 Å². The number of hydrogen-bond acceptors (Lipinski definition) is 5. The first kappa shape index (κ1) is 11.3. The van der Waals surface area contributed by atoms with Gasteiger partial charge in [-0.3, -0.25) is 0 Å². The largest absolute Gasteiger partial charge is 0.378 e. The molecule has 2 N–H and O–H groups in total. The molecule has 5 nitrogen and oxygen atoms in total. The van der Waals surface area contributed by atoms with Gasteiger partial charge in [0.05, 0.1) is 13.2 Å². The maximum Gasteiger partial charge on any atom is 0.225 e. The van der Waals surface area contributed by atoms with Gasteiger partial charge < -0.3 is 15.4 Å². The summed E-state index contributed by atoms with van der Waals surface area (Å²) >= 11 is 0. The number of hydrogen-bond donors (Lipinski definition) is 1. The van der Waals surface area contributed by atoms with Crippen molar-refractivity contribution in [2.45, 2.75) is 20.4 Å². The van der Waals surface area contributed by atoms with Crippen molar-refractivity contribution in [1.29, 1.82) is 0 Å². The van der Waals surface area contributed by atoms with Crippen molar-refractivity contribution < 1.29 is 4.74 Å². The summed E-state index contributed by atoms with van der Waals surface area (Å²) in [7, 11) is 0. The Balaban J connectivity index is 2.28. The summed E-state index contributed by atoms with van der Waals surface area (Å²) in [5.41, 5.74) is 8.68. The van der Waals surface area contributed by atoms with Crippen LogP contribution in [-0.4, -0.2) is 36.3 Å². The predicted octanol–water partition coefficient (Wildman–Crippen LogP) is 0.389. The van der Waals surface area contributed by atoms with E-state index in [1.807, 2.05) is 13.8 Å². The average molecular weight is 222 g/mol. The lowest BCUT2D eigenvalue weighted by molar-refractivity contribution is 0.122. The molecule has 0 spiro atoms. The first-order chi connectivity index (χ1) is 7.72. The third-order valence-electron chi connectivity index (χ3n) is 2.91. The molecule has 0 atom stereocenters. The standard InChI is InChI=1S/C11H18N4O/c1-8-10(7-12)9(2)14-11(13-8)15-3-5-16-6-4-15/h3-7,12H2,1-2H3. The van der Waals surface area contributed by atoms with E-state index in [9.17, 15) is 0 Å². The zero-order chi connectivity index (χ0) is 11.5. The summed E-state index contributed by atoms with van der Waals surface area (Å²) in [4.78, 5) is 11.2. The Bertz CT molecular complexity index is 351. The number of aromatic nitrogens is 2. The summed E-state index contributed by atoms with van der Waals surface area (Å²) in [5, 5.41) is 0. The topological polar surface area (TPSA) is 64.3 Å². The van der Waals surface area contributed by atoms with Gasteiger partial charge >= 0.3 is 0 Å². The van der Waals surface area contributed by atoms with E-state index in [1.54, 1.807) is 0 Å². The van der Waals surface area contributed by atoms with Gasteiger partial charge in [0.2, 0.25) is 5.95 Å². The van der Waals surface area contributed by atoms with E-state index in [4.69, 9.17) is 10.5 Å². The van der Waals surface area contributed by atoms with Crippen LogP contribution in [0.2, 0.25) is 0 Å². The molecule has 5 heteroatoms. The molecule has 0 amide bonds. The van der Waals surface area contributed by atoms with E-state index in [2.05, 4.69) is 14.9 Å². The van der Waals surface area contributed by atoms with E-state index >= 15 is 0 Å². The summed E-state index contributed by atoms with van der Waals surface area (Å²) in [6, 6.07) is 0. The Morgan fingerprint density at radius 3 is 2.25 bits per heavy atom. The molecule has 88 valence electrons. The molecule has 1 aliphatic heterocycles. The minimum absolute atomic E-state index is 0.501. The van der Waals surface area contributed by atoms with Crippen LogP contribution >= 0.6 is 0 Å². The molecule has 1 fully saturated rings. The van der Waals surface area contributed by atoms with Gasteiger partial charge in [-0.1, -0.05) is 0 Å². The van der Waals surface area contributed by atoms with E-state index < -0.39 is 0 Å². The lowest BCUT2D eigenvalue weighted by Gasteiger charge is -2.27. The van der Waals surface area contributed by atoms with Gasteiger partial charge in [-0.25, -0.2) is 9.97 Å². The van der Waals surface area contributed by atoms with Crippen molar-refractivity contribution in [3.8, 4) is 0 Å². The third-order valence-corrected chi connectivity index (χ3v) is 2.91. The summed E-state index contributed by atoms with van der Waals surface area (Å²) in [6.45, 7) is 7.70. The first-order valence-electron chi connectivity index (χ1n) is 5.59. The van der Waals surface area contributed by atoms with E-state index in [1.165, 1.54) is 0 Å². The Morgan fingerprint density at radius 1 is 1.19 bits per heavy atom. The second-order valence-electron chi connectivity index (χ2n) is 3.98. The fourth-order valence-electron chi connectivity index (χ4n) is 1.92. The van der Waals surface area contributed by atoms with Gasteiger partial charge in [0.15, 0.2) is 0 Å². The van der Waals surface area contributed by atoms with Crippen LogP contribution in [0.3, 0.4) is 0 Å². The monoisotopic (exact) mass is 222 g/mol. The first-order valence-corrected chi connectivity index (χ1v) is 5.59. The molecule has 0 aliphatic carbocycles. The fourth-order valence-corrected chi connectivity index (χ4v) is 1.92. The van der Waals surface area contributed by atoms with Crippen molar-refractivity contribution in [3.63, 3.8) is 0 Å². The molecule has 0 radical (unpaired) electrons. The smallest absolute Gasteiger partial charge is 0.225 e. The lowest BCUT2D eigenvalue weighted by Crippen LogP contribution is -2.37. The minimum Gasteiger partial charge on any atom is -0.378 e. The maximum atomic E-state index is 5.67. The Hall–Kier alpha value is -1.20. The van der Waals surface area contributed by atoms with Gasteiger partial charge in [-0.05, 0) is 13.8 Å². The quantitative estimate of drug-likeness (QED) is 0.784. The van der Waals surface area contributed by atoms with Crippen LogP contribution in [-0.2, 0) is 11.3 Å². The lowest BCUT2D eigenvalue weighted by atomic mass is 10.2. The molecular formula is C11H18N4O. The number of anilines is 1. The van der Waals surface area contributed by atoms with Crippen LogP contribution in [0.15, 0.2) is 0 Å². The van der Waals surface area contributed by atoms with Crippen LogP contribution in [0, 0.1) is 13.8 Å². The highest BCUT2D eigenvalue weighted by molar-refractivity contribution is 5.36. The zero-order valence-corrected chi connectivity index (χ0v) is 9.86. The predicted molar refractivity (Wildman–Crippen MR) is 62.4 cm³/mol. The molecule has 0 unspecified atom stereocenters. The van der Waals surface area contributed by atoms with E-state index in [0.717, 1.165) is 49.2 Å². The summed E-state index contributed by atoms with van der Waals surface area (Å²) in [5.74, 6) is 0.801. The second kappa shape index (κ2) is 4.76. The van der Waals surface area contributed by atoms with Crippen molar-refractivity contribution in [3.05, 3.63) is 17.0 Å². The van der Waals surface area contributed by atoms with Crippen molar-refractivity contribution >= 4 is 5.95 Å². The summed E-state index contributed by atoms with van der Waals surface area (Å²) < 4.78 is 5.31. The summed E-state index contributed by atoms with van der Waals surface area (Å²) in [6.07, 6.45) is 0. The fraction of sp³-hybridized carbons (Fsp3) is 0.636. The molecule has 1 aromatic heterocycles. The van der Waals surface area contributed by atoms with Gasteiger partial charge in [-0.15, -0.1) is 0 Å². The molecular weight excluding hydrogens is 204 g/mol. The number of rotatable bonds is 2. The van der Waals surface area contributed by atoms with Crippen LogP contribution in [0.1, 0.15) is 17.0 Å². The molecule has 1 aromatic rings. The Kier molecular flexibility index (Phi) is 3.36. The van der Waals surface area contributed by atoms with E-state index in [0.29, 0.717) is 6.54 Å². The molecule has 2 rings (SSSR count). The molecule has 16 heavy (non-hydrogen) atoms. The van der Waals surface area contributed by atoms with Gasteiger partial charge in [0, 0.05) is 36.6 Å². The van der Waals surface area contributed by atoms with Crippen LogP contribution in [0.4, 0.5) is 5.95 Å². The Morgan fingerprint density at radius 2 is 1.75 bits per heavy atom. The van der Waals surface area contributed by atoms with Crippen LogP contribution in [0.5, 0.6) is 0 Å². The number of aryl methyl sites for hydroxylation is 2. The van der Waals surface area contributed by atoms with Crippen LogP contribution < -0.4 is 10.6 Å². The van der Waals surface area contributed by atoms with Crippen molar-refractivity contribution in [2.24, 2.45) is 5.73 Å². The second-order valence-corrected chi connectivity index (χ2v) is 3.98. The highest BCUT2D eigenvalue weighted by Crippen LogP contribution is 2.15.